The van der Waals surface area contributed by atoms with Crippen LogP contribution in [0, 0.1) is 6.08 Å². The molecule has 0 amide bonds. The molecule has 0 saturated heterocycles. The van der Waals surface area contributed by atoms with Gasteiger partial charge in [0.15, 0.2) is 0 Å². The minimum Gasteiger partial charge on any atom is -1.00 e. The molecule has 0 unspecified atom stereocenters. The topological polar surface area (TPSA) is 17.8 Å². The Kier molecular flexibility index (Phi) is 10.2. The molecular weight excluding hydrogens is 394 g/mol. The number of allylic oxidation sites excluding steroid dienone is 4. The average molecular weight is 408 g/mol. The van der Waals surface area contributed by atoms with Gasteiger partial charge in [0.05, 0.1) is 0 Å². The van der Waals surface area contributed by atoms with Crippen LogP contribution in [0.1, 0.15) is 6.42 Å². The van der Waals surface area contributed by atoms with Crippen molar-refractivity contribution in [2.75, 3.05) is 0 Å². The number of fused-ring (bicyclic) bond motifs is 1. The summed E-state index contributed by atoms with van der Waals surface area (Å²) in [7, 11) is 0. The van der Waals surface area contributed by atoms with Crippen LogP contribution in [0.2, 0.25) is 0 Å². The third-order valence-corrected chi connectivity index (χ3v) is 2.96. The van der Waals surface area contributed by atoms with Gasteiger partial charge in [0.25, 0.3) is 0 Å². The summed E-state index contributed by atoms with van der Waals surface area (Å²) in [5, 5.41) is 6.72. The second-order valence-electron chi connectivity index (χ2n) is 4.30. The van der Waals surface area contributed by atoms with Gasteiger partial charge >= 0.3 is 26.2 Å². The summed E-state index contributed by atoms with van der Waals surface area (Å²) < 4.78 is 1.88. The molecule has 0 bridgehead atoms. The Morgan fingerprint density at radius 2 is 1.95 bits per heavy atom. The summed E-state index contributed by atoms with van der Waals surface area (Å²) >= 11 is 0. The molecule has 110 valence electrons. The zero-order valence-corrected chi connectivity index (χ0v) is 15.8. The van der Waals surface area contributed by atoms with Crippen molar-refractivity contribution in [2.45, 2.75) is 6.42 Å². The van der Waals surface area contributed by atoms with E-state index in [1.54, 1.807) is 6.20 Å². The van der Waals surface area contributed by atoms with Crippen molar-refractivity contribution in [1.82, 2.24) is 9.78 Å². The molecule has 3 aromatic rings. The first-order valence-corrected chi connectivity index (χ1v) is 6.31. The van der Waals surface area contributed by atoms with Crippen molar-refractivity contribution in [2.24, 2.45) is 0 Å². The van der Waals surface area contributed by atoms with E-state index in [9.17, 15) is 0 Å². The van der Waals surface area contributed by atoms with Gasteiger partial charge in [-0.3, -0.25) is 10.8 Å². The van der Waals surface area contributed by atoms with Crippen molar-refractivity contribution in [1.29, 1.82) is 0 Å². The summed E-state index contributed by atoms with van der Waals surface area (Å²) in [6.45, 7) is 0. The van der Waals surface area contributed by atoms with Crippen LogP contribution in [0.25, 0.3) is 16.5 Å². The summed E-state index contributed by atoms with van der Waals surface area (Å²) in [4.78, 5) is 0. The largest absolute Gasteiger partial charge is 4.00 e. The van der Waals surface area contributed by atoms with Crippen LogP contribution >= 0.6 is 0 Å². The van der Waals surface area contributed by atoms with Crippen LogP contribution in [-0.4, -0.2) is 9.78 Å². The number of hydrogen-bond acceptors (Lipinski definition) is 1. The van der Waals surface area contributed by atoms with Gasteiger partial charge in [-0.05, 0) is 11.8 Å². The van der Waals surface area contributed by atoms with Gasteiger partial charge in [0, 0.05) is 12.4 Å². The molecule has 2 aromatic carbocycles. The van der Waals surface area contributed by atoms with Gasteiger partial charge in [0.2, 0.25) is 0 Å². The average Bonchev–Trinajstić information content (AvgIpc) is 3.20. The molecular formula is C17H14Cl2N2Zr. The number of hydrogen-bond donors (Lipinski definition) is 0. The normalized spacial score (nSPS) is 10.9. The van der Waals surface area contributed by atoms with Crippen LogP contribution in [-0.2, 0) is 26.2 Å². The molecule has 0 radical (unpaired) electrons. The van der Waals surface area contributed by atoms with E-state index in [1.807, 2.05) is 29.1 Å². The van der Waals surface area contributed by atoms with Crippen LogP contribution < -0.4 is 24.8 Å². The molecule has 0 atom stereocenters. The van der Waals surface area contributed by atoms with E-state index < -0.39 is 0 Å². The van der Waals surface area contributed by atoms with E-state index in [0.717, 1.165) is 12.1 Å². The maximum absolute atomic E-state index is 4.20. The molecule has 0 aliphatic heterocycles. The van der Waals surface area contributed by atoms with Crippen molar-refractivity contribution >= 4 is 10.8 Å². The summed E-state index contributed by atoms with van der Waals surface area (Å²) in [5.41, 5.74) is 1.12. The standard InChI is InChI=1S/C12H9N2.C5H5.2ClH.Zr/c1-2-5-11-9-12(8-10(11)4-1)14-7-3-6-13-14;1-2-4-5-3-1;;;/h1-9H;1-3H,4H2;2*1H;/q2*-1;;;+4/p-2. The summed E-state index contributed by atoms with van der Waals surface area (Å²) in [6, 6.07) is 14.5. The molecule has 0 N–H and O–H groups in total. The zero-order chi connectivity index (χ0) is 12.9. The fraction of sp³-hybridized carbons (Fsp3) is 0.0588. The molecule has 1 aliphatic carbocycles. The second-order valence-corrected chi connectivity index (χ2v) is 4.30. The van der Waals surface area contributed by atoms with Crippen molar-refractivity contribution in [3.05, 3.63) is 79.2 Å². The predicted molar refractivity (Wildman–Crippen MR) is 78.2 cm³/mol. The van der Waals surface area contributed by atoms with Crippen molar-refractivity contribution in [3.63, 3.8) is 0 Å². The Morgan fingerprint density at radius 1 is 1.14 bits per heavy atom. The molecule has 1 aliphatic rings. The number of nitrogens with zero attached hydrogens (tertiary/aromatic N) is 2. The van der Waals surface area contributed by atoms with E-state index in [-0.39, 0.29) is 51.0 Å². The van der Waals surface area contributed by atoms with Crippen LogP contribution in [0.4, 0.5) is 0 Å². The third-order valence-electron chi connectivity index (χ3n) is 2.96. The van der Waals surface area contributed by atoms with Gasteiger partial charge < -0.3 is 24.8 Å². The molecule has 0 spiro atoms. The molecule has 2 nitrogen and oxygen atoms in total. The predicted octanol–water partition coefficient (Wildman–Crippen LogP) is -1.94. The smallest absolute Gasteiger partial charge is 1.00 e. The number of rotatable bonds is 1. The summed E-state index contributed by atoms with van der Waals surface area (Å²) in [5.74, 6) is 0. The molecule has 5 heteroatoms. The molecule has 0 fully saturated rings. The molecule has 1 aromatic heterocycles. The Morgan fingerprint density at radius 3 is 2.50 bits per heavy atom. The fourth-order valence-electron chi connectivity index (χ4n) is 2.03. The first-order chi connectivity index (χ1) is 9.43. The fourth-order valence-corrected chi connectivity index (χ4v) is 2.03. The van der Waals surface area contributed by atoms with E-state index in [1.165, 1.54) is 10.8 Å². The molecule has 0 saturated carbocycles. The molecule has 4 rings (SSSR count). The monoisotopic (exact) mass is 406 g/mol. The van der Waals surface area contributed by atoms with Gasteiger partial charge in [-0.1, -0.05) is 6.07 Å². The Labute approximate surface area is 162 Å². The minimum absolute atomic E-state index is 0. The maximum atomic E-state index is 4.20. The van der Waals surface area contributed by atoms with Crippen LogP contribution in [0.15, 0.2) is 73.1 Å². The SMILES string of the molecule is [C-]1=CC=CC1.[Cl-].[Cl-].[Zr+4].c1ccc2[cH-]c(-n3cccn3)cc2c1. The van der Waals surface area contributed by atoms with Gasteiger partial charge in [-0.25, -0.2) is 12.2 Å². The van der Waals surface area contributed by atoms with E-state index in [0.29, 0.717) is 0 Å². The minimum atomic E-state index is 0. The van der Waals surface area contributed by atoms with Gasteiger partial charge in [0.1, 0.15) is 0 Å². The van der Waals surface area contributed by atoms with Crippen molar-refractivity contribution < 1.29 is 51.0 Å². The molecule has 22 heavy (non-hydrogen) atoms. The zero-order valence-electron chi connectivity index (χ0n) is 11.8. The maximum Gasteiger partial charge on any atom is 4.00 e. The van der Waals surface area contributed by atoms with Crippen LogP contribution in [0.3, 0.4) is 0 Å². The van der Waals surface area contributed by atoms with E-state index >= 15 is 0 Å². The number of aromatic nitrogens is 2. The van der Waals surface area contributed by atoms with Crippen molar-refractivity contribution in [3.8, 4) is 5.69 Å². The first kappa shape index (κ1) is 21.0. The third kappa shape index (κ3) is 5.32. The Bertz CT molecular complexity index is 672. The van der Waals surface area contributed by atoms with E-state index in [2.05, 4.69) is 53.6 Å². The molecule has 1 heterocycles. The number of halogens is 2. The Hall–Kier alpha value is -1.02. The Balaban J connectivity index is 0.000000482. The van der Waals surface area contributed by atoms with Gasteiger partial charge in [-0.2, -0.15) is 11.2 Å². The number of benzene rings is 1. The quantitative estimate of drug-likeness (QED) is 0.429. The summed E-state index contributed by atoms with van der Waals surface area (Å²) in [6.07, 6.45) is 13.7. The van der Waals surface area contributed by atoms with Gasteiger partial charge in [-0.15, -0.1) is 47.5 Å². The van der Waals surface area contributed by atoms with E-state index in [4.69, 9.17) is 0 Å². The second kappa shape index (κ2) is 10.7. The van der Waals surface area contributed by atoms with Crippen LogP contribution in [0.5, 0.6) is 0 Å². The first-order valence-electron chi connectivity index (χ1n) is 6.31.